The van der Waals surface area contributed by atoms with Gasteiger partial charge in [0.15, 0.2) is 0 Å². The van der Waals surface area contributed by atoms with Crippen molar-refractivity contribution in [1.82, 2.24) is 9.78 Å². The SMILES string of the molecule is CCn1ncc(NCCOC2CCCCC2)c(Br)c1=O. The molecule has 2 rings (SSSR count). The molecule has 1 saturated carbocycles. The maximum absolute atomic E-state index is 11.9. The number of nitrogens with zero attached hydrogens (tertiary/aromatic N) is 2. The Labute approximate surface area is 127 Å². The third kappa shape index (κ3) is 4.06. The van der Waals surface area contributed by atoms with Gasteiger partial charge in [-0.1, -0.05) is 19.3 Å². The first kappa shape index (κ1) is 15.5. The highest BCUT2D eigenvalue weighted by Gasteiger charge is 2.13. The monoisotopic (exact) mass is 343 g/mol. The van der Waals surface area contributed by atoms with E-state index in [4.69, 9.17) is 4.74 Å². The fourth-order valence-electron chi connectivity index (χ4n) is 2.46. The minimum Gasteiger partial charge on any atom is -0.380 e. The van der Waals surface area contributed by atoms with Gasteiger partial charge in [-0.05, 0) is 35.7 Å². The van der Waals surface area contributed by atoms with Crippen molar-refractivity contribution in [2.24, 2.45) is 0 Å². The standard InChI is InChI=1S/C14H22BrN3O2/c1-2-18-14(19)13(15)12(10-17-18)16-8-9-20-11-6-4-3-5-7-11/h10-11,16H,2-9H2,1H3. The van der Waals surface area contributed by atoms with Crippen LogP contribution < -0.4 is 10.9 Å². The van der Waals surface area contributed by atoms with Gasteiger partial charge in [-0.15, -0.1) is 0 Å². The second-order valence-electron chi connectivity index (χ2n) is 5.05. The average Bonchev–Trinajstić information content (AvgIpc) is 2.49. The Hall–Kier alpha value is -0.880. The molecule has 0 amide bonds. The fourth-order valence-corrected chi connectivity index (χ4v) is 2.90. The van der Waals surface area contributed by atoms with E-state index in [1.807, 2.05) is 6.92 Å². The van der Waals surface area contributed by atoms with Crippen LogP contribution in [0.3, 0.4) is 0 Å². The van der Waals surface area contributed by atoms with E-state index in [1.54, 1.807) is 6.20 Å². The Morgan fingerprint density at radius 2 is 2.20 bits per heavy atom. The van der Waals surface area contributed by atoms with Crippen molar-refractivity contribution in [2.75, 3.05) is 18.5 Å². The Morgan fingerprint density at radius 3 is 2.90 bits per heavy atom. The molecule has 0 bridgehead atoms. The zero-order valence-corrected chi connectivity index (χ0v) is 13.5. The van der Waals surface area contributed by atoms with Gasteiger partial charge < -0.3 is 10.1 Å². The first-order chi connectivity index (χ1) is 9.72. The van der Waals surface area contributed by atoms with Gasteiger partial charge in [-0.3, -0.25) is 4.79 Å². The maximum atomic E-state index is 11.9. The highest BCUT2D eigenvalue weighted by molar-refractivity contribution is 9.10. The average molecular weight is 344 g/mol. The van der Waals surface area contributed by atoms with Crippen LogP contribution >= 0.6 is 15.9 Å². The third-order valence-corrected chi connectivity index (χ3v) is 4.37. The molecular formula is C14H22BrN3O2. The molecule has 0 aliphatic heterocycles. The molecule has 6 heteroatoms. The van der Waals surface area contributed by atoms with Crippen molar-refractivity contribution in [3.8, 4) is 0 Å². The molecule has 0 saturated heterocycles. The number of hydrogen-bond acceptors (Lipinski definition) is 4. The summed E-state index contributed by atoms with van der Waals surface area (Å²) < 4.78 is 7.80. The van der Waals surface area contributed by atoms with E-state index in [0.29, 0.717) is 30.3 Å². The molecule has 1 aromatic rings. The summed E-state index contributed by atoms with van der Waals surface area (Å²) in [6, 6.07) is 0. The molecule has 1 aliphatic carbocycles. The molecule has 112 valence electrons. The Morgan fingerprint density at radius 1 is 1.45 bits per heavy atom. The molecular weight excluding hydrogens is 322 g/mol. The second-order valence-corrected chi connectivity index (χ2v) is 5.84. The van der Waals surface area contributed by atoms with Crippen LogP contribution in [0.2, 0.25) is 0 Å². The van der Waals surface area contributed by atoms with Gasteiger partial charge >= 0.3 is 0 Å². The largest absolute Gasteiger partial charge is 0.380 e. The summed E-state index contributed by atoms with van der Waals surface area (Å²) in [5.41, 5.74) is 0.623. The lowest BCUT2D eigenvalue weighted by Crippen LogP contribution is -2.25. The molecule has 0 spiro atoms. The fraction of sp³-hybridized carbons (Fsp3) is 0.714. The summed E-state index contributed by atoms with van der Waals surface area (Å²) in [6.45, 7) is 3.81. The lowest BCUT2D eigenvalue weighted by molar-refractivity contribution is 0.0347. The quantitative estimate of drug-likeness (QED) is 0.807. The maximum Gasteiger partial charge on any atom is 0.283 e. The number of rotatable bonds is 6. The predicted octanol–water partition coefficient (Wildman–Crippen LogP) is 2.79. The van der Waals surface area contributed by atoms with Crippen LogP contribution in [-0.2, 0) is 11.3 Å². The lowest BCUT2D eigenvalue weighted by Gasteiger charge is -2.22. The molecule has 5 nitrogen and oxygen atoms in total. The number of halogens is 1. The predicted molar refractivity (Wildman–Crippen MR) is 83.2 cm³/mol. The second kappa shape index (κ2) is 7.78. The highest BCUT2D eigenvalue weighted by Crippen LogP contribution is 2.20. The van der Waals surface area contributed by atoms with Crippen LogP contribution in [0.25, 0.3) is 0 Å². The summed E-state index contributed by atoms with van der Waals surface area (Å²) in [4.78, 5) is 11.9. The molecule has 0 radical (unpaired) electrons. The lowest BCUT2D eigenvalue weighted by atomic mass is 9.98. The first-order valence-corrected chi connectivity index (χ1v) is 8.12. The van der Waals surface area contributed by atoms with Crippen molar-refractivity contribution in [1.29, 1.82) is 0 Å². The van der Waals surface area contributed by atoms with Crippen molar-refractivity contribution < 1.29 is 4.74 Å². The van der Waals surface area contributed by atoms with E-state index in [0.717, 1.165) is 5.69 Å². The van der Waals surface area contributed by atoms with Crippen molar-refractivity contribution in [2.45, 2.75) is 51.7 Å². The van der Waals surface area contributed by atoms with Gasteiger partial charge in [0.25, 0.3) is 5.56 Å². The van der Waals surface area contributed by atoms with Gasteiger partial charge in [0.05, 0.1) is 24.6 Å². The van der Waals surface area contributed by atoms with E-state index in [2.05, 4.69) is 26.3 Å². The van der Waals surface area contributed by atoms with Crippen LogP contribution in [-0.4, -0.2) is 29.0 Å². The Balaban J connectivity index is 1.79. The molecule has 1 fully saturated rings. The Bertz CT molecular complexity index is 484. The van der Waals surface area contributed by atoms with Gasteiger partial charge in [0.1, 0.15) is 4.47 Å². The molecule has 1 aromatic heterocycles. The van der Waals surface area contributed by atoms with E-state index >= 15 is 0 Å². The number of ether oxygens (including phenoxy) is 1. The van der Waals surface area contributed by atoms with E-state index in [9.17, 15) is 4.79 Å². The minimum atomic E-state index is -0.106. The number of nitrogens with one attached hydrogen (secondary N) is 1. The topological polar surface area (TPSA) is 56.1 Å². The first-order valence-electron chi connectivity index (χ1n) is 7.33. The highest BCUT2D eigenvalue weighted by atomic mass is 79.9. The van der Waals surface area contributed by atoms with Crippen LogP contribution in [0, 0.1) is 0 Å². The molecule has 0 aromatic carbocycles. The minimum absolute atomic E-state index is 0.106. The van der Waals surface area contributed by atoms with Crippen LogP contribution in [0.4, 0.5) is 5.69 Å². The van der Waals surface area contributed by atoms with Crippen LogP contribution in [0.1, 0.15) is 39.0 Å². The normalized spacial score (nSPS) is 16.3. The molecule has 1 N–H and O–H groups in total. The summed E-state index contributed by atoms with van der Waals surface area (Å²) in [6.07, 6.45) is 8.35. The number of hydrogen-bond donors (Lipinski definition) is 1. The molecule has 0 atom stereocenters. The number of anilines is 1. The van der Waals surface area contributed by atoms with Gasteiger partial charge in [0, 0.05) is 13.1 Å². The molecule has 1 heterocycles. The summed E-state index contributed by atoms with van der Waals surface area (Å²) in [5.74, 6) is 0. The number of aromatic nitrogens is 2. The van der Waals surface area contributed by atoms with Gasteiger partial charge in [0.2, 0.25) is 0 Å². The van der Waals surface area contributed by atoms with Crippen molar-refractivity contribution >= 4 is 21.6 Å². The third-order valence-electron chi connectivity index (χ3n) is 3.61. The van der Waals surface area contributed by atoms with Crippen LogP contribution in [0.5, 0.6) is 0 Å². The van der Waals surface area contributed by atoms with Crippen LogP contribution in [0.15, 0.2) is 15.5 Å². The molecule has 20 heavy (non-hydrogen) atoms. The zero-order chi connectivity index (χ0) is 14.4. The Kier molecular flexibility index (Phi) is 6.04. The van der Waals surface area contributed by atoms with E-state index in [-0.39, 0.29) is 5.56 Å². The van der Waals surface area contributed by atoms with Crippen molar-refractivity contribution in [3.63, 3.8) is 0 Å². The zero-order valence-electron chi connectivity index (χ0n) is 11.9. The smallest absolute Gasteiger partial charge is 0.283 e. The van der Waals surface area contributed by atoms with Gasteiger partial charge in [-0.2, -0.15) is 5.10 Å². The van der Waals surface area contributed by atoms with E-state index in [1.165, 1.54) is 36.8 Å². The number of aryl methyl sites for hydroxylation is 1. The molecule has 0 unspecified atom stereocenters. The summed E-state index contributed by atoms with van der Waals surface area (Å²) in [5, 5.41) is 7.29. The summed E-state index contributed by atoms with van der Waals surface area (Å²) >= 11 is 3.32. The van der Waals surface area contributed by atoms with Crippen molar-refractivity contribution in [3.05, 3.63) is 21.0 Å². The molecule has 1 aliphatic rings. The summed E-state index contributed by atoms with van der Waals surface area (Å²) in [7, 11) is 0. The van der Waals surface area contributed by atoms with E-state index < -0.39 is 0 Å². The van der Waals surface area contributed by atoms with Gasteiger partial charge in [-0.25, -0.2) is 4.68 Å².